The van der Waals surface area contributed by atoms with Crippen LogP contribution in [0, 0.1) is 12.7 Å². The summed E-state index contributed by atoms with van der Waals surface area (Å²) in [4.78, 5) is 7.55. The first-order valence-corrected chi connectivity index (χ1v) is 6.56. The van der Waals surface area contributed by atoms with Crippen molar-refractivity contribution in [2.75, 3.05) is 5.73 Å². The average Bonchev–Trinajstić information content (AvgIpc) is 2.76. The fourth-order valence-corrected chi connectivity index (χ4v) is 2.35. The zero-order valence-corrected chi connectivity index (χ0v) is 11.8. The molecular formula is C14H11BrFN3. The summed E-state index contributed by atoms with van der Waals surface area (Å²) in [6.07, 6.45) is 0. The Morgan fingerprint density at radius 3 is 2.89 bits per heavy atom. The van der Waals surface area contributed by atoms with Crippen molar-refractivity contribution in [3.05, 3.63) is 46.2 Å². The number of nitrogens with two attached hydrogens (primary N) is 1. The summed E-state index contributed by atoms with van der Waals surface area (Å²) in [5.41, 5.74) is 9.90. The van der Waals surface area contributed by atoms with E-state index in [1.807, 2.05) is 25.1 Å². The molecule has 3 nitrogen and oxygen atoms in total. The Morgan fingerprint density at radius 1 is 1.32 bits per heavy atom. The molecule has 0 saturated carbocycles. The SMILES string of the molecule is Cc1cccc(-c2nc3cc(Br)c(F)cc3[nH]2)c1N. The highest BCUT2D eigenvalue weighted by Gasteiger charge is 2.11. The van der Waals surface area contributed by atoms with E-state index < -0.39 is 0 Å². The first kappa shape index (κ1) is 12.2. The maximum atomic E-state index is 13.5. The molecule has 0 spiro atoms. The minimum atomic E-state index is -0.320. The Bertz CT molecular complexity index is 741. The number of fused-ring (bicyclic) bond motifs is 1. The third-order valence-corrected chi connectivity index (χ3v) is 3.71. The van der Waals surface area contributed by atoms with E-state index >= 15 is 0 Å². The number of aromatic amines is 1. The number of aromatic nitrogens is 2. The van der Waals surface area contributed by atoms with Gasteiger partial charge in [-0.2, -0.15) is 0 Å². The van der Waals surface area contributed by atoms with Crippen molar-refractivity contribution in [3.63, 3.8) is 0 Å². The third-order valence-electron chi connectivity index (χ3n) is 3.10. The number of nitrogen functional groups attached to an aromatic ring is 1. The molecular weight excluding hydrogens is 309 g/mol. The zero-order chi connectivity index (χ0) is 13.6. The Labute approximate surface area is 117 Å². The molecule has 2 aromatic carbocycles. The van der Waals surface area contributed by atoms with Crippen molar-refractivity contribution in [3.8, 4) is 11.4 Å². The van der Waals surface area contributed by atoms with Crippen molar-refractivity contribution in [2.45, 2.75) is 6.92 Å². The number of anilines is 1. The number of aryl methyl sites for hydroxylation is 1. The van der Waals surface area contributed by atoms with Gasteiger partial charge in [-0.3, -0.25) is 0 Å². The summed E-state index contributed by atoms with van der Waals surface area (Å²) in [7, 11) is 0. The number of hydrogen-bond acceptors (Lipinski definition) is 2. The van der Waals surface area contributed by atoms with Crippen molar-refractivity contribution >= 4 is 32.7 Å². The zero-order valence-electron chi connectivity index (χ0n) is 10.2. The van der Waals surface area contributed by atoms with E-state index in [0.29, 0.717) is 27.0 Å². The highest BCUT2D eigenvalue weighted by Crippen LogP contribution is 2.29. The van der Waals surface area contributed by atoms with Gasteiger partial charge in [0.15, 0.2) is 0 Å². The fraction of sp³-hybridized carbons (Fsp3) is 0.0714. The van der Waals surface area contributed by atoms with Crippen LogP contribution in [-0.2, 0) is 0 Å². The molecule has 0 fully saturated rings. The van der Waals surface area contributed by atoms with E-state index in [4.69, 9.17) is 5.73 Å². The average molecular weight is 320 g/mol. The van der Waals surface area contributed by atoms with Crippen molar-refractivity contribution < 1.29 is 4.39 Å². The highest BCUT2D eigenvalue weighted by atomic mass is 79.9. The second kappa shape index (κ2) is 4.35. The fourth-order valence-electron chi connectivity index (χ4n) is 2.02. The van der Waals surface area contributed by atoms with E-state index in [9.17, 15) is 4.39 Å². The number of nitrogens with one attached hydrogen (secondary N) is 1. The molecule has 0 radical (unpaired) electrons. The standard InChI is InChI=1S/C14H11BrFN3/c1-7-3-2-4-8(13(7)17)14-18-11-5-9(15)10(16)6-12(11)19-14/h2-6H,17H2,1H3,(H,18,19). The Morgan fingerprint density at radius 2 is 2.11 bits per heavy atom. The smallest absolute Gasteiger partial charge is 0.140 e. The summed E-state index contributed by atoms with van der Waals surface area (Å²) in [6, 6.07) is 8.83. The van der Waals surface area contributed by atoms with Gasteiger partial charge in [-0.15, -0.1) is 0 Å². The van der Waals surface area contributed by atoms with Crippen LogP contribution in [0.3, 0.4) is 0 Å². The van der Waals surface area contributed by atoms with E-state index in [1.54, 1.807) is 6.07 Å². The van der Waals surface area contributed by atoms with E-state index in [1.165, 1.54) is 6.07 Å². The molecule has 96 valence electrons. The van der Waals surface area contributed by atoms with Gasteiger partial charge in [0.2, 0.25) is 0 Å². The van der Waals surface area contributed by atoms with Gasteiger partial charge in [0.05, 0.1) is 15.5 Å². The number of nitrogens with zero attached hydrogens (tertiary/aromatic N) is 1. The molecule has 0 amide bonds. The molecule has 0 aliphatic rings. The quantitative estimate of drug-likeness (QED) is 0.665. The lowest BCUT2D eigenvalue weighted by Gasteiger charge is -2.04. The molecule has 3 N–H and O–H groups in total. The maximum absolute atomic E-state index is 13.5. The number of halogens is 2. The van der Waals surface area contributed by atoms with E-state index in [-0.39, 0.29) is 5.82 Å². The van der Waals surface area contributed by atoms with Crippen LogP contribution in [0.25, 0.3) is 22.4 Å². The molecule has 0 saturated heterocycles. The van der Waals surface area contributed by atoms with Crippen LogP contribution in [0.2, 0.25) is 0 Å². The number of benzene rings is 2. The summed E-state index contributed by atoms with van der Waals surface area (Å²) in [5.74, 6) is 0.327. The predicted octanol–water partition coefficient (Wildman–Crippen LogP) is 4.02. The number of rotatable bonds is 1. The van der Waals surface area contributed by atoms with Gasteiger partial charge in [-0.25, -0.2) is 9.37 Å². The molecule has 3 aromatic rings. The minimum absolute atomic E-state index is 0.320. The van der Waals surface area contributed by atoms with Crippen molar-refractivity contribution in [1.82, 2.24) is 9.97 Å². The molecule has 19 heavy (non-hydrogen) atoms. The topological polar surface area (TPSA) is 54.7 Å². The van der Waals surface area contributed by atoms with Crippen LogP contribution < -0.4 is 5.73 Å². The molecule has 0 atom stereocenters. The van der Waals surface area contributed by atoms with Gasteiger partial charge in [0.25, 0.3) is 0 Å². The molecule has 1 aromatic heterocycles. The molecule has 0 aliphatic carbocycles. The lowest BCUT2D eigenvalue weighted by atomic mass is 10.1. The first-order valence-electron chi connectivity index (χ1n) is 5.76. The Hall–Kier alpha value is -1.88. The summed E-state index contributed by atoms with van der Waals surface area (Å²) in [5, 5.41) is 0. The summed E-state index contributed by atoms with van der Waals surface area (Å²) < 4.78 is 13.9. The van der Waals surface area contributed by atoms with Crippen molar-refractivity contribution in [1.29, 1.82) is 0 Å². The predicted molar refractivity (Wildman–Crippen MR) is 78.3 cm³/mol. The monoisotopic (exact) mass is 319 g/mol. The molecule has 5 heteroatoms. The summed E-state index contributed by atoms with van der Waals surface area (Å²) >= 11 is 3.15. The first-order chi connectivity index (χ1) is 9.06. The minimum Gasteiger partial charge on any atom is -0.398 e. The van der Waals surface area contributed by atoms with Gasteiger partial charge in [0.1, 0.15) is 11.6 Å². The molecule has 0 unspecified atom stereocenters. The lowest BCUT2D eigenvalue weighted by Crippen LogP contribution is -1.94. The van der Waals surface area contributed by atoms with Crippen LogP contribution >= 0.6 is 15.9 Å². The van der Waals surface area contributed by atoms with Crippen LogP contribution in [0.1, 0.15) is 5.56 Å². The Kier molecular flexibility index (Phi) is 2.78. The number of hydrogen-bond donors (Lipinski definition) is 2. The molecule has 0 aliphatic heterocycles. The third kappa shape index (κ3) is 2.00. The normalized spacial score (nSPS) is 11.1. The maximum Gasteiger partial charge on any atom is 0.140 e. The second-order valence-corrected chi connectivity index (χ2v) is 5.26. The number of para-hydroxylation sites is 1. The van der Waals surface area contributed by atoms with Gasteiger partial charge >= 0.3 is 0 Å². The van der Waals surface area contributed by atoms with Crippen LogP contribution in [-0.4, -0.2) is 9.97 Å². The molecule has 3 rings (SSSR count). The van der Waals surface area contributed by atoms with Crippen molar-refractivity contribution in [2.24, 2.45) is 0 Å². The van der Waals surface area contributed by atoms with Gasteiger partial charge in [0, 0.05) is 17.3 Å². The van der Waals surface area contributed by atoms with E-state index in [0.717, 1.165) is 11.1 Å². The summed E-state index contributed by atoms with van der Waals surface area (Å²) in [6.45, 7) is 1.94. The molecule has 0 bridgehead atoms. The molecule has 1 heterocycles. The Balaban J connectivity index is 2.23. The number of H-pyrrole nitrogens is 1. The lowest BCUT2D eigenvalue weighted by molar-refractivity contribution is 0.623. The van der Waals surface area contributed by atoms with Crippen LogP contribution in [0.15, 0.2) is 34.8 Å². The number of imidazole rings is 1. The van der Waals surface area contributed by atoms with E-state index in [2.05, 4.69) is 25.9 Å². The highest BCUT2D eigenvalue weighted by molar-refractivity contribution is 9.10. The van der Waals surface area contributed by atoms with Crippen LogP contribution in [0.5, 0.6) is 0 Å². The van der Waals surface area contributed by atoms with Gasteiger partial charge in [-0.05, 0) is 40.5 Å². The van der Waals surface area contributed by atoms with Crippen LogP contribution in [0.4, 0.5) is 10.1 Å². The largest absolute Gasteiger partial charge is 0.398 e. The van der Waals surface area contributed by atoms with Gasteiger partial charge < -0.3 is 10.7 Å². The van der Waals surface area contributed by atoms with Gasteiger partial charge in [-0.1, -0.05) is 12.1 Å². The second-order valence-electron chi connectivity index (χ2n) is 4.41.